The van der Waals surface area contributed by atoms with Crippen LogP contribution in [-0.2, 0) is 4.74 Å². The van der Waals surface area contributed by atoms with Crippen LogP contribution in [0.15, 0.2) is 31.0 Å². The Balaban J connectivity index is 1.76. The molecule has 2 aromatic rings. The van der Waals surface area contributed by atoms with Crippen molar-refractivity contribution < 1.29 is 4.74 Å². The Hall–Kier alpha value is -2.28. The summed E-state index contributed by atoms with van der Waals surface area (Å²) in [5.74, 6) is 2.26. The van der Waals surface area contributed by atoms with Gasteiger partial charge in [-0.25, -0.2) is 15.0 Å². The van der Waals surface area contributed by atoms with Crippen molar-refractivity contribution in [3.05, 3.63) is 31.0 Å². The highest BCUT2D eigenvalue weighted by Crippen LogP contribution is 2.17. The van der Waals surface area contributed by atoms with Gasteiger partial charge in [0.2, 0.25) is 0 Å². The monoisotopic (exact) mass is 258 g/mol. The van der Waals surface area contributed by atoms with E-state index in [0.29, 0.717) is 11.6 Å². The molecule has 0 saturated carbocycles. The van der Waals surface area contributed by atoms with Crippen molar-refractivity contribution >= 4 is 17.5 Å². The number of rotatable bonds is 3. The van der Waals surface area contributed by atoms with E-state index in [4.69, 9.17) is 4.74 Å². The van der Waals surface area contributed by atoms with Crippen LogP contribution < -0.4 is 10.2 Å². The van der Waals surface area contributed by atoms with E-state index in [2.05, 4.69) is 30.2 Å². The van der Waals surface area contributed by atoms with Gasteiger partial charge in [-0.05, 0) is 0 Å². The molecule has 2 aromatic heterocycles. The molecular weight excluding hydrogens is 244 g/mol. The molecule has 0 radical (unpaired) electrons. The van der Waals surface area contributed by atoms with Gasteiger partial charge in [-0.2, -0.15) is 0 Å². The summed E-state index contributed by atoms with van der Waals surface area (Å²) >= 11 is 0. The highest BCUT2D eigenvalue weighted by Gasteiger charge is 2.13. The van der Waals surface area contributed by atoms with Crippen molar-refractivity contribution in [3.63, 3.8) is 0 Å². The zero-order valence-corrected chi connectivity index (χ0v) is 10.4. The van der Waals surface area contributed by atoms with E-state index < -0.39 is 0 Å². The van der Waals surface area contributed by atoms with Crippen LogP contribution in [0.4, 0.5) is 17.5 Å². The van der Waals surface area contributed by atoms with E-state index in [1.165, 1.54) is 0 Å². The third-order valence-corrected chi connectivity index (χ3v) is 2.81. The molecule has 0 unspecified atom stereocenters. The van der Waals surface area contributed by atoms with Gasteiger partial charge in [-0.1, -0.05) is 0 Å². The van der Waals surface area contributed by atoms with Crippen LogP contribution in [0.1, 0.15) is 0 Å². The minimum atomic E-state index is 0.661. The fraction of sp³-hybridized carbons (Fsp3) is 0.333. The molecule has 0 bridgehead atoms. The van der Waals surface area contributed by atoms with Crippen molar-refractivity contribution in [1.82, 2.24) is 19.9 Å². The molecule has 1 N–H and O–H groups in total. The number of morpholine rings is 1. The van der Waals surface area contributed by atoms with Gasteiger partial charge in [0.25, 0.3) is 0 Å². The lowest BCUT2D eigenvalue weighted by atomic mass is 10.4. The lowest BCUT2D eigenvalue weighted by Gasteiger charge is -2.27. The number of nitrogens with zero attached hydrogens (tertiary/aromatic N) is 5. The van der Waals surface area contributed by atoms with Crippen LogP contribution >= 0.6 is 0 Å². The SMILES string of the molecule is c1cnc(Nc2cc(N3CCOCC3)ncn2)cn1. The lowest BCUT2D eigenvalue weighted by molar-refractivity contribution is 0.122. The summed E-state index contributed by atoms with van der Waals surface area (Å²) in [7, 11) is 0. The van der Waals surface area contributed by atoms with Crippen LogP contribution in [0.5, 0.6) is 0 Å². The molecule has 1 aliphatic rings. The van der Waals surface area contributed by atoms with E-state index in [9.17, 15) is 0 Å². The number of hydrogen-bond donors (Lipinski definition) is 1. The zero-order valence-electron chi connectivity index (χ0n) is 10.4. The molecule has 0 aliphatic carbocycles. The predicted molar refractivity (Wildman–Crippen MR) is 70.4 cm³/mol. The average Bonchev–Trinajstić information content (AvgIpc) is 2.49. The fourth-order valence-electron chi connectivity index (χ4n) is 1.88. The number of aromatic nitrogens is 4. The summed E-state index contributed by atoms with van der Waals surface area (Å²) in [6.07, 6.45) is 6.46. The van der Waals surface area contributed by atoms with E-state index in [-0.39, 0.29) is 0 Å². The van der Waals surface area contributed by atoms with Crippen LogP contribution in [0.25, 0.3) is 0 Å². The third kappa shape index (κ3) is 2.94. The summed E-state index contributed by atoms with van der Waals surface area (Å²) in [4.78, 5) is 18.8. The molecule has 19 heavy (non-hydrogen) atoms. The number of hydrogen-bond acceptors (Lipinski definition) is 7. The van der Waals surface area contributed by atoms with Crippen molar-refractivity contribution in [2.75, 3.05) is 36.5 Å². The molecule has 1 aliphatic heterocycles. The first-order valence-corrected chi connectivity index (χ1v) is 6.09. The van der Waals surface area contributed by atoms with E-state index in [0.717, 1.165) is 32.1 Å². The highest BCUT2D eigenvalue weighted by molar-refractivity contribution is 5.55. The van der Waals surface area contributed by atoms with Crippen LogP contribution in [-0.4, -0.2) is 46.2 Å². The summed E-state index contributed by atoms with van der Waals surface area (Å²) < 4.78 is 5.33. The summed E-state index contributed by atoms with van der Waals surface area (Å²) in [5.41, 5.74) is 0. The molecule has 0 aromatic carbocycles. The van der Waals surface area contributed by atoms with E-state index >= 15 is 0 Å². The van der Waals surface area contributed by atoms with Gasteiger partial charge in [0.05, 0.1) is 19.4 Å². The molecule has 3 rings (SSSR count). The number of anilines is 3. The molecule has 3 heterocycles. The highest BCUT2D eigenvalue weighted by atomic mass is 16.5. The smallest absolute Gasteiger partial charge is 0.150 e. The van der Waals surface area contributed by atoms with Crippen molar-refractivity contribution in [1.29, 1.82) is 0 Å². The molecule has 0 amide bonds. The molecule has 1 saturated heterocycles. The number of ether oxygens (including phenoxy) is 1. The third-order valence-electron chi connectivity index (χ3n) is 2.81. The van der Waals surface area contributed by atoms with Crippen LogP contribution in [0.2, 0.25) is 0 Å². The number of nitrogens with one attached hydrogen (secondary N) is 1. The molecule has 98 valence electrons. The summed E-state index contributed by atoms with van der Waals surface area (Å²) in [6.45, 7) is 3.16. The van der Waals surface area contributed by atoms with E-state index in [1.807, 2.05) is 6.07 Å². The van der Waals surface area contributed by atoms with Gasteiger partial charge in [0.15, 0.2) is 0 Å². The van der Waals surface area contributed by atoms with Gasteiger partial charge in [0, 0.05) is 31.5 Å². The van der Waals surface area contributed by atoms with Gasteiger partial charge >= 0.3 is 0 Å². The second-order valence-corrected chi connectivity index (χ2v) is 4.08. The first-order valence-electron chi connectivity index (χ1n) is 6.09. The maximum atomic E-state index is 5.33. The maximum Gasteiger partial charge on any atom is 0.150 e. The Bertz CT molecular complexity index is 529. The fourth-order valence-corrected chi connectivity index (χ4v) is 1.88. The topological polar surface area (TPSA) is 76.1 Å². The molecule has 1 fully saturated rings. The Morgan fingerprint density at radius 3 is 2.74 bits per heavy atom. The van der Waals surface area contributed by atoms with Gasteiger partial charge < -0.3 is 15.0 Å². The van der Waals surface area contributed by atoms with Crippen LogP contribution in [0.3, 0.4) is 0 Å². The van der Waals surface area contributed by atoms with Crippen LogP contribution in [0, 0.1) is 0 Å². The minimum absolute atomic E-state index is 0.661. The van der Waals surface area contributed by atoms with Crippen molar-refractivity contribution in [2.45, 2.75) is 0 Å². The molecule has 0 atom stereocenters. The average molecular weight is 258 g/mol. The molecule has 0 spiro atoms. The second-order valence-electron chi connectivity index (χ2n) is 4.08. The minimum Gasteiger partial charge on any atom is -0.378 e. The summed E-state index contributed by atoms with van der Waals surface area (Å²) in [6, 6.07) is 1.90. The first kappa shape index (κ1) is 11.8. The molecule has 7 nitrogen and oxygen atoms in total. The zero-order chi connectivity index (χ0) is 12.9. The van der Waals surface area contributed by atoms with E-state index in [1.54, 1.807) is 24.9 Å². The summed E-state index contributed by atoms with van der Waals surface area (Å²) in [5, 5.41) is 3.10. The van der Waals surface area contributed by atoms with Crippen molar-refractivity contribution in [2.24, 2.45) is 0 Å². The second kappa shape index (κ2) is 5.57. The normalized spacial score (nSPS) is 15.3. The Kier molecular flexibility index (Phi) is 3.46. The predicted octanol–water partition coefficient (Wildman–Crippen LogP) is 0.847. The van der Waals surface area contributed by atoms with Gasteiger partial charge in [-0.15, -0.1) is 0 Å². The largest absolute Gasteiger partial charge is 0.378 e. The maximum absolute atomic E-state index is 5.33. The molecular formula is C12H14N6O. The Morgan fingerprint density at radius 2 is 1.95 bits per heavy atom. The quantitative estimate of drug-likeness (QED) is 0.874. The van der Waals surface area contributed by atoms with Gasteiger partial charge in [0.1, 0.15) is 23.8 Å². The standard InChI is InChI=1S/C12H14N6O/c1-2-14-11(8-13-1)17-10-7-12(16-9-15-10)18-3-5-19-6-4-18/h1-2,7-9H,3-6H2,(H,14,15,16,17). The Labute approximate surface area is 110 Å². The van der Waals surface area contributed by atoms with Crippen molar-refractivity contribution in [3.8, 4) is 0 Å². The lowest BCUT2D eigenvalue weighted by Crippen LogP contribution is -2.36. The molecule has 7 heteroatoms. The first-order chi connectivity index (χ1) is 9.42. The van der Waals surface area contributed by atoms with Gasteiger partial charge in [-0.3, -0.25) is 4.98 Å². The Morgan fingerprint density at radius 1 is 1.05 bits per heavy atom.